The normalized spacial score (nSPS) is 14.2. The molecule has 2 aromatic rings. The number of carbonyl (C=O) groups is 3. The third-order valence-electron chi connectivity index (χ3n) is 4.76. The van der Waals surface area contributed by atoms with Crippen LogP contribution in [0.15, 0.2) is 28.7 Å². The van der Waals surface area contributed by atoms with Gasteiger partial charge >= 0.3 is 0 Å². The van der Waals surface area contributed by atoms with E-state index >= 15 is 0 Å². The number of nitrogens with one attached hydrogen (secondary N) is 1. The summed E-state index contributed by atoms with van der Waals surface area (Å²) in [5, 5.41) is 2.55. The third kappa shape index (κ3) is 5.17. The van der Waals surface area contributed by atoms with Crippen molar-refractivity contribution in [1.29, 1.82) is 0 Å². The molecule has 1 N–H and O–H groups in total. The Bertz CT molecular complexity index is 1250. The van der Waals surface area contributed by atoms with Gasteiger partial charge in [-0.15, -0.1) is 0 Å². The number of sulfone groups is 1. The van der Waals surface area contributed by atoms with E-state index in [2.05, 4.69) is 26.2 Å². The molecule has 176 valence electrons. The molecule has 1 aliphatic rings. The number of fused-ring (bicyclic) bond motifs is 1. The van der Waals surface area contributed by atoms with Gasteiger partial charge in [-0.25, -0.2) is 13.4 Å². The van der Waals surface area contributed by atoms with Gasteiger partial charge in [-0.1, -0.05) is 15.9 Å². The maximum absolute atomic E-state index is 13.4. The second kappa shape index (κ2) is 9.48. The summed E-state index contributed by atoms with van der Waals surface area (Å²) < 4.78 is 35.7. The zero-order valence-electron chi connectivity index (χ0n) is 18.3. The molecule has 1 aromatic carbocycles. The predicted molar refractivity (Wildman–Crippen MR) is 123 cm³/mol. The second-order valence-corrected chi connectivity index (χ2v) is 10.4. The number of rotatable bonds is 8. The van der Waals surface area contributed by atoms with Crippen LogP contribution in [0.1, 0.15) is 46.3 Å². The van der Waals surface area contributed by atoms with Crippen molar-refractivity contribution in [2.45, 2.75) is 19.9 Å². The van der Waals surface area contributed by atoms with Crippen molar-refractivity contribution < 1.29 is 32.3 Å². The van der Waals surface area contributed by atoms with Crippen molar-refractivity contribution in [1.82, 2.24) is 9.88 Å². The topological polar surface area (TPSA) is 132 Å². The highest BCUT2D eigenvalue weighted by Gasteiger charge is 2.44. The second-order valence-electron chi connectivity index (χ2n) is 7.32. The summed E-state index contributed by atoms with van der Waals surface area (Å²) >= 11 is 3.27. The Kier molecular flexibility index (Phi) is 7.08. The number of anilines is 1. The van der Waals surface area contributed by atoms with Gasteiger partial charge in [-0.05, 0) is 31.2 Å². The lowest BCUT2D eigenvalue weighted by Gasteiger charge is -2.26. The fourth-order valence-electron chi connectivity index (χ4n) is 3.52. The highest BCUT2D eigenvalue weighted by molar-refractivity contribution is 9.10. The average molecular weight is 540 g/mol. The molecule has 2 heterocycles. The van der Waals surface area contributed by atoms with Crippen LogP contribution in [0.3, 0.4) is 0 Å². The van der Waals surface area contributed by atoms with E-state index in [1.165, 1.54) is 38.3 Å². The molecule has 0 bridgehead atoms. The quantitative estimate of drug-likeness (QED) is 0.506. The standard InChI is InChI=1S/C21H22BrN3O7S/c1-5-32-19-17(31-3)7-6-14(24-19)16(10-33(4,29)30)25-20(27)13-8-12(22)9-15(23-11(2)26)18(13)21(25)28/h6-9,16H,5,10H2,1-4H3,(H,23,26). The fourth-order valence-corrected chi connectivity index (χ4v) is 4.87. The Balaban J connectivity index is 2.16. The summed E-state index contributed by atoms with van der Waals surface area (Å²) in [5.74, 6) is -2.00. The van der Waals surface area contributed by atoms with Gasteiger partial charge in [0.2, 0.25) is 5.91 Å². The molecular weight excluding hydrogens is 518 g/mol. The van der Waals surface area contributed by atoms with Gasteiger partial charge < -0.3 is 14.8 Å². The van der Waals surface area contributed by atoms with Crippen LogP contribution in [0.2, 0.25) is 0 Å². The average Bonchev–Trinajstić information content (AvgIpc) is 2.95. The van der Waals surface area contributed by atoms with Crippen molar-refractivity contribution in [2.75, 3.05) is 31.0 Å². The molecule has 3 amide bonds. The van der Waals surface area contributed by atoms with Crippen LogP contribution in [0.4, 0.5) is 5.69 Å². The number of carbonyl (C=O) groups excluding carboxylic acids is 3. The van der Waals surface area contributed by atoms with Gasteiger partial charge in [-0.3, -0.25) is 19.3 Å². The number of nitrogens with zero attached hydrogens (tertiary/aromatic N) is 2. The minimum atomic E-state index is -3.66. The van der Waals surface area contributed by atoms with Crippen LogP contribution in [0.25, 0.3) is 0 Å². The predicted octanol–water partition coefficient (Wildman–Crippen LogP) is 2.59. The number of aromatic nitrogens is 1. The molecule has 0 spiro atoms. The maximum Gasteiger partial charge on any atom is 0.264 e. The highest BCUT2D eigenvalue weighted by Crippen LogP contribution is 2.38. The number of ether oxygens (including phenoxy) is 2. The van der Waals surface area contributed by atoms with Crippen LogP contribution in [0, 0.1) is 0 Å². The SMILES string of the molecule is CCOc1nc(C(CS(C)(=O)=O)N2C(=O)c3cc(Br)cc(NC(C)=O)c3C2=O)ccc1OC. The highest BCUT2D eigenvalue weighted by atomic mass is 79.9. The number of benzene rings is 1. The zero-order chi connectivity index (χ0) is 24.5. The summed E-state index contributed by atoms with van der Waals surface area (Å²) in [6.45, 7) is 3.29. The number of methoxy groups -OCH3 is 1. The molecular formula is C21H22BrN3O7S. The summed E-state index contributed by atoms with van der Waals surface area (Å²) in [6, 6.07) is 4.72. The molecule has 3 rings (SSSR count). The van der Waals surface area contributed by atoms with E-state index < -0.39 is 39.4 Å². The van der Waals surface area contributed by atoms with Gasteiger partial charge in [0.05, 0.1) is 48.0 Å². The lowest BCUT2D eigenvalue weighted by Crippen LogP contribution is -2.38. The van der Waals surface area contributed by atoms with E-state index in [0.29, 0.717) is 10.2 Å². The minimum Gasteiger partial charge on any atom is -0.491 e. The number of halogens is 1. The van der Waals surface area contributed by atoms with E-state index in [1.807, 2.05) is 0 Å². The fraction of sp³-hybridized carbons (Fsp3) is 0.333. The van der Waals surface area contributed by atoms with E-state index in [9.17, 15) is 22.8 Å². The molecule has 33 heavy (non-hydrogen) atoms. The van der Waals surface area contributed by atoms with Crippen LogP contribution in [-0.2, 0) is 14.6 Å². The first kappa shape index (κ1) is 24.6. The van der Waals surface area contributed by atoms with E-state index in [0.717, 1.165) is 11.2 Å². The monoisotopic (exact) mass is 539 g/mol. The lowest BCUT2D eigenvalue weighted by molar-refractivity contribution is -0.114. The lowest BCUT2D eigenvalue weighted by atomic mass is 10.1. The number of hydrogen-bond donors (Lipinski definition) is 1. The summed E-state index contributed by atoms with van der Waals surface area (Å²) in [4.78, 5) is 43.6. The first-order chi connectivity index (χ1) is 15.5. The first-order valence-corrected chi connectivity index (χ1v) is 12.7. The Labute approximate surface area is 199 Å². The molecule has 0 aliphatic carbocycles. The summed E-state index contributed by atoms with van der Waals surface area (Å²) in [5.41, 5.74) is 0.300. The molecule has 1 aliphatic heterocycles. The van der Waals surface area contributed by atoms with Crippen molar-refractivity contribution in [2.24, 2.45) is 0 Å². The number of pyridine rings is 1. The number of hydrogen-bond acceptors (Lipinski definition) is 8. The molecule has 0 saturated carbocycles. The summed E-state index contributed by atoms with van der Waals surface area (Å²) in [6.07, 6.45) is 1.00. The van der Waals surface area contributed by atoms with Crippen LogP contribution in [-0.4, -0.2) is 61.7 Å². The number of imide groups is 1. The molecule has 12 heteroatoms. The molecule has 0 radical (unpaired) electrons. The Morgan fingerprint density at radius 1 is 1.24 bits per heavy atom. The molecule has 1 atom stereocenters. The van der Waals surface area contributed by atoms with Crippen LogP contribution in [0.5, 0.6) is 11.6 Å². The van der Waals surface area contributed by atoms with E-state index in [1.54, 1.807) is 6.92 Å². The molecule has 10 nitrogen and oxygen atoms in total. The van der Waals surface area contributed by atoms with Gasteiger partial charge in [0, 0.05) is 17.7 Å². The minimum absolute atomic E-state index is 0.0181. The Hall–Kier alpha value is -2.99. The van der Waals surface area contributed by atoms with Crippen LogP contribution >= 0.6 is 15.9 Å². The molecule has 1 unspecified atom stereocenters. The maximum atomic E-state index is 13.4. The van der Waals surface area contributed by atoms with Crippen molar-refractivity contribution in [3.05, 3.63) is 45.6 Å². The Morgan fingerprint density at radius 2 is 1.94 bits per heavy atom. The van der Waals surface area contributed by atoms with Crippen molar-refractivity contribution in [3.63, 3.8) is 0 Å². The Morgan fingerprint density at radius 3 is 2.52 bits per heavy atom. The van der Waals surface area contributed by atoms with Crippen molar-refractivity contribution >= 4 is 49.2 Å². The van der Waals surface area contributed by atoms with Gasteiger partial charge in [0.1, 0.15) is 9.84 Å². The van der Waals surface area contributed by atoms with Gasteiger partial charge in [-0.2, -0.15) is 0 Å². The van der Waals surface area contributed by atoms with Crippen molar-refractivity contribution in [3.8, 4) is 11.6 Å². The zero-order valence-corrected chi connectivity index (χ0v) is 20.7. The summed E-state index contributed by atoms with van der Waals surface area (Å²) in [7, 11) is -2.23. The van der Waals surface area contributed by atoms with Gasteiger partial charge in [0.25, 0.3) is 17.7 Å². The van der Waals surface area contributed by atoms with Crippen LogP contribution < -0.4 is 14.8 Å². The first-order valence-electron chi connectivity index (χ1n) is 9.81. The smallest absolute Gasteiger partial charge is 0.264 e. The molecule has 1 aromatic heterocycles. The van der Waals surface area contributed by atoms with Gasteiger partial charge in [0.15, 0.2) is 5.75 Å². The molecule has 0 saturated heterocycles. The molecule has 0 fully saturated rings. The largest absolute Gasteiger partial charge is 0.491 e. The van der Waals surface area contributed by atoms with E-state index in [-0.39, 0.29) is 35.0 Å². The number of amides is 3. The van der Waals surface area contributed by atoms with E-state index in [4.69, 9.17) is 9.47 Å². The third-order valence-corrected chi connectivity index (χ3v) is 6.14.